The molecule has 1 nitrogen and oxygen atoms in total. The number of rotatable bonds is 5. The van der Waals surface area contributed by atoms with Crippen LogP contribution in [0.4, 0.5) is 0 Å². The van der Waals surface area contributed by atoms with Gasteiger partial charge in [0.15, 0.2) is 0 Å². The van der Waals surface area contributed by atoms with Crippen LogP contribution in [0, 0.1) is 0 Å². The highest BCUT2D eigenvalue weighted by molar-refractivity contribution is 5.32. The van der Waals surface area contributed by atoms with Crippen LogP contribution in [0.1, 0.15) is 29.5 Å². The summed E-state index contributed by atoms with van der Waals surface area (Å²) in [4.78, 5) is 0. The van der Waals surface area contributed by atoms with E-state index < -0.39 is 5.60 Å². The maximum Gasteiger partial charge on any atom is 0.0939 e. The van der Waals surface area contributed by atoms with Gasteiger partial charge >= 0.3 is 0 Å². The zero-order valence-corrected chi connectivity index (χ0v) is 13.4. The molecule has 0 amide bonds. The van der Waals surface area contributed by atoms with Gasteiger partial charge in [-0.3, -0.25) is 0 Å². The Kier molecular flexibility index (Phi) is 4.59. The van der Waals surface area contributed by atoms with Crippen molar-refractivity contribution in [3.8, 4) is 0 Å². The van der Waals surface area contributed by atoms with Gasteiger partial charge in [-0.25, -0.2) is 0 Å². The number of benzene rings is 3. The van der Waals surface area contributed by atoms with Gasteiger partial charge in [0.1, 0.15) is 0 Å². The molecule has 0 aliphatic rings. The molecular formula is C22H22O. The standard InChI is InChI=1S/C22H22O/c1-22(23,20-15-9-4-10-16-20)21(19-13-7-3-8-14-19)17-18-11-5-2-6-12-18/h2-16,21,23H,17H2,1H3. The largest absolute Gasteiger partial charge is 0.385 e. The second-order valence-corrected chi connectivity index (χ2v) is 6.17. The maximum absolute atomic E-state index is 11.4. The van der Waals surface area contributed by atoms with Crippen molar-refractivity contribution in [2.45, 2.75) is 24.9 Å². The van der Waals surface area contributed by atoms with Gasteiger partial charge in [0.2, 0.25) is 0 Å². The minimum Gasteiger partial charge on any atom is -0.385 e. The van der Waals surface area contributed by atoms with Crippen molar-refractivity contribution in [1.29, 1.82) is 0 Å². The van der Waals surface area contributed by atoms with E-state index in [4.69, 9.17) is 0 Å². The van der Waals surface area contributed by atoms with Gasteiger partial charge in [-0.15, -0.1) is 0 Å². The predicted octanol–water partition coefficient (Wildman–Crippen LogP) is 4.92. The molecule has 1 heteroatoms. The van der Waals surface area contributed by atoms with E-state index in [2.05, 4.69) is 36.4 Å². The van der Waals surface area contributed by atoms with Crippen LogP contribution in [0.25, 0.3) is 0 Å². The average molecular weight is 302 g/mol. The quantitative estimate of drug-likeness (QED) is 0.709. The van der Waals surface area contributed by atoms with Gasteiger partial charge in [-0.2, -0.15) is 0 Å². The van der Waals surface area contributed by atoms with E-state index in [1.807, 2.05) is 61.5 Å². The van der Waals surface area contributed by atoms with Crippen LogP contribution >= 0.6 is 0 Å². The Morgan fingerprint density at radius 2 is 1.22 bits per heavy atom. The normalized spacial score (nSPS) is 14.9. The van der Waals surface area contributed by atoms with Crippen LogP contribution in [-0.4, -0.2) is 5.11 Å². The molecule has 0 aromatic heterocycles. The lowest BCUT2D eigenvalue weighted by atomic mass is 9.75. The lowest BCUT2D eigenvalue weighted by Crippen LogP contribution is -2.31. The molecule has 2 atom stereocenters. The zero-order valence-electron chi connectivity index (χ0n) is 13.4. The highest BCUT2D eigenvalue weighted by Crippen LogP contribution is 2.39. The maximum atomic E-state index is 11.4. The molecule has 3 aromatic carbocycles. The molecule has 0 bridgehead atoms. The van der Waals surface area contributed by atoms with Crippen molar-refractivity contribution in [2.24, 2.45) is 0 Å². The molecule has 0 aliphatic carbocycles. The van der Waals surface area contributed by atoms with Crippen LogP contribution in [0.15, 0.2) is 91.0 Å². The summed E-state index contributed by atoms with van der Waals surface area (Å²) in [5.41, 5.74) is 2.41. The molecule has 23 heavy (non-hydrogen) atoms. The minimum atomic E-state index is -0.932. The number of aliphatic hydroxyl groups is 1. The Hall–Kier alpha value is -2.38. The second kappa shape index (κ2) is 6.80. The molecule has 1 N–H and O–H groups in total. The third kappa shape index (κ3) is 3.52. The van der Waals surface area contributed by atoms with Gasteiger partial charge in [-0.1, -0.05) is 91.0 Å². The topological polar surface area (TPSA) is 20.2 Å². The van der Waals surface area contributed by atoms with Gasteiger partial charge in [0.05, 0.1) is 5.60 Å². The Balaban J connectivity index is 2.01. The molecule has 0 radical (unpaired) electrons. The third-order valence-corrected chi connectivity index (χ3v) is 4.52. The van der Waals surface area contributed by atoms with Crippen molar-refractivity contribution in [1.82, 2.24) is 0 Å². The molecular weight excluding hydrogens is 280 g/mol. The zero-order chi connectivity index (χ0) is 16.1. The molecule has 0 spiro atoms. The molecule has 0 aliphatic heterocycles. The lowest BCUT2D eigenvalue weighted by molar-refractivity contribution is 0.0262. The SMILES string of the molecule is CC(O)(c1ccccc1)C(Cc1ccccc1)c1ccccc1. The summed E-state index contributed by atoms with van der Waals surface area (Å²) in [6.07, 6.45) is 0.798. The summed E-state index contributed by atoms with van der Waals surface area (Å²) >= 11 is 0. The first kappa shape index (κ1) is 15.5. The fourth-order valence-electron chi connectivity index (χ4n) is 3.15. The van der Waals surface area contributed by atoms with Crippen LogP contribution in [-0.2, 0) is 12.0 Å². The van der Waals surface area contributed by atoms with E-state index in [0.29, 0.717) is 0 Å². The van der Waals surface area contributed by atoms with Crippen molar-refractivity contribution in [2.75, 3.05) is 0 Å². The van der Waals surface area contributed by atoms with E-state index in [1.54, 1.807) is 0 Å². The van der Waals surface area contributed by atoms with Crippen LogP contribution in [0.5, 0.6) is 0 Å². The third-order valence-electron chi connectivity index (χ3n) is 4.52. The first-order valence-electron chi connectivity index (χ1n) is 8.04. The summed E-state index contributed by atoms with van der Waals surface area (Å²) in [5, 5.41) is 11.4. The summed E-state index contributed by atoms with van der Waals surface area (Å²) < 4.78 is 0. The van der Waals surface area contributed by atoms with Gasteiger partial charge in [-0.05, 0) is 30.0 Å². The highest BCUT2D eigenvalue weighted by atomic mass is 16.3. The first-order valence-corrected chi connectivity index (χ1v) is 8.04. The number of hydrogen-bond acceptors (Lipinski definition) is 1. The van der Waals surface area contributed by atoms with E-state index in [9.17, 15) is 5.11 Å². The molecule has 116 valence electrons. The van der Waals surface area contributed by atoms with Gasteiger partial charge < -0.3 is 5.11 Å². The molecule has 3 rings (SSSR count). The highest BCUT2D eigenvalue weighted by Gasteiger charge is 2.34. The van der Waals surface area contributed by atoms with Crippen LogP contribution in [0.3, 0.4) is 0 Å². The number of hydrogen-bond donors (Lipinski definition) is 1. The van der Waals surface area contributed by atoms with E-state index in [-0.39, 0.29) is 5.92 Å². The smallest absolute Gasteiger partial charge is 0.0939 e. The molecule has 0 fully saturated rings. The van der Waals surface area contributed by atoms with Crippen LogP contribution in [0.2, 0.25) is 0 Å². The Morgan fingerprint density at radius 1 is 0.739 bits per heavy atom. The summed E-state index contributed by atoms with van der Waals surface area (Å²) in [5.74, 6) is -0.00602. The van der Waals surface area contributed by atoms with Crippen molar-refractivity contribution in [3.05, 3.63) is 108 Å². The van der Waals surface area contributed by atoms with Crippen molar-refractivity contribution in [3.63, 3.8) is 0 Å². The predicted molar refractivity (Wildman–Crippen MR) is 95.3 cm³/mol. The summed E-state index contributed by atoms with van der Waals surface area (Å²) in [6, 6.07) is 30.6. The van der Waals surface area contributed by atoms with E-state index >= 15 is 0 Å². The fraction of sp³-hybridized carbons (Fsp3) is 0.182. The Labute approximate surface area is 138 Å². The fourth-order valence-corrected chi connectivity index (χ4v) is 3.15. The summed E-state index contributed by atoms with van der Waals surface area (Å²) in [7, 11) is 0. The molecule has 3 aromatic rings. The monoisotopic (exact) mass is 302 g/mol. The van der Waals surface area contributed by atoms with Crippen LogP contribution < -0.4 is 0 Å². The molecule has 0 saturated carbocycles. The summed E-state index contributed by atoms with van der Waals surface area (Å²) in [6.45, 7) is 1.92. The van der Waals surface area contributed by atoms with Crippen molar-refractivity contribution >= 4 is 0 Å². The molecule has 0 saturated heterocycles. The van der Waals surface area contributed by atoms with Crippen molar-refractivity contribution < 1.29 is 5.11 Å². The average Bonchev–Trinajstić information content (AvgIpc) is 2.62. The van der Waals surface area contributed by atoms with E-state index in [0.717, 1.165) is 17.5 Å². The Bertz CT molecular complexity index is 718. The molecule has 2 unspecified atom stereocenters. The minimum absolute atomic E-state index is 0.00602. The Morgan fingerprint density at radius 3 is 1.78 bits per heavy atom. The first-order chi connectivity index (χ1) is 11.2. The van der Waals surface area contributed by atoms with E-state index in [1.165, 1.54) is 5.56 Å². The second-order valence-electron chi connectivity index (χ2n) is 6.17. The molecule has 0 heterocycles. The van der Waals surface area contributed by atoms with Gasteiger partial charge in [0, 0.05) is 5.92 Å². The lowest BCUT2D eigenvalue weighted by Gasteiger charge is -2.34. The van der Waals surface area contributed by atoms with Gasteiger partial charge in [0.25, 0.3) is 0 Å².